The third kappa shape index (κ3) is 5.24. The molecule has 4 rings (SSSR count). The molecule has 1 saturated carbocycles. The van der Waals surface area contributed by atoms with Crippen LogP contribution in [-0.2, 0) is 14.8 Å². The van der Waals surface area contributed by atoms with Crippen molar-refractivity contribution >= 4 is 39.1 Å². The average molecular weight is 509 g/mol. The molecule has 0 radical (unpaired) electrons. The summed E-state index contributed by atoms with van der Waals surface area (Å²) < 4.78 is 27.1. The first kappa shape index (κ1) is 24.5. The van der Waals surface area contributed by atoms with Crippen LogP contribution in [0.3, 0.4) is 0 Å². The first-order valence-corrected chi connectivity index (χ1v) is 13.8. The third-order valence-corrected chi connectivity index (χ3v) is 9.66. The van der Waals surface area contributed by atoms with Crippen LogP contribution in [0.4, 0.5) is 0 Å². The van der Waals surface area contributed by atoms with Gasteiger partial charge in [-0.3, -0.25) is 4.79 Å². The Kier molecular flexibility index (Phi) is 7.39. The largest absolute Gasteiger partial charge is 0.331 e. The van der Waals surface area contributed by atoms with Crippen LogP contribution in [0.2, 0.25) is 10.0 Å². The molecule has 0 aromatic heterocycles. The number of sulfonamides is 1. The maximum absolute atomic E-state index is 13.4. The molecule has 178 valence electrons. The van der Waals surface area contributed by atoms with E-state index in [0.29, 0.717) is 29.3 Å². The van der Waals surface area contributed by atoms with Gasteiger partial charge in [0.05, 0.1) is 11.3 Å². The minimum atomic E-state index is -3.33. The SMILES string of the molecule is CC[C@@H](CN(C)S(=O)(=O)C1CC1)N1C(=O)CC[C@H](c2cccc(Cl)c2)[C@H]1c1ccc(Cl)cc1. The predicted octanol–water partition coefficient (Wildman–Crippen LogP) is 5.64. The molecule has 2 aliphatic rings. The number of carbonyl (C=O) groups excluding carboxylic acids is 1. The molecule has 33 heavy (non-hydrogen) atoms. The highest BCUT2D eigenvalue weighted by Crippen LogP contribution is 2.45. The maximum atomic E-state index is 13.4. The first-order valence-electron chi connectivity index (χ1n) is 11.5. The topological polar surface area (TPSA) is 57.7 Å². The molecule has 0 N–H and O–H groups in total. The Morgan fingerprint density at radius 3 is 2.33 bits per heavy atom. The lowest BCUT2D eigenvalue weighted by atomic mass is 9.79. The standard InChI is InChI=1S/C25H30Cl2N2O3S/c1-3-21(16-28(2)33(31,32)22-11-12-22)29-24(30)14-13-23(18-5-4-6-20(27)15-18)25(29)17-7-9-19(26)10-8-17/h4-10,15,21-23,25H,3,11-14,16H2,1-2H3/t21-,23+,25+/m0/s1. The molecule has 1 amide bonds. The minimum absolute atomic E-state index is 0.0435. The number of hydrogen-bond acceptors (Lipinski definition) is 3. The summed E-state index contributed by atoms with van der Waals surface area (Å²) in [6, 6.07) is 14.9. The van der Waals surface area contributed by atoms with Crippen LogP contribution in [0.5, 0.6) is 0 Å². The molecule has 3 atom stereocenters. The number of benzene rings is 2. The van der Waals surface area contributed by atoms with E-state index in [1.54, 1.807) is 7.05 Å². The lowest BCUT2D eigenvalue weighted by Crippen LogP contribution is -2.52. The summed E-state index contributed by atoms with van der Waals surface area (Å²) in [6.45, 7) is 2.30. The molecule has 0 unspecified atom stereocenters. The fourth-order valence-corrected chi connectivity index (χ4v) is 6.86. The van der Waals surface area contributed by atoms with Gasteiger partial charge in [0.1, 0.15) is 0 Å². The summed E-state index contributed by atoms with van der Waals surface area (Å²) in [5, 5.41) is 1.02. The highest BCUT2D eigenvalue weighted by Gasteiger charge is 2.43. The summed E-state index contributed by atoms with van der Waals surface area (Å²) in [4.78, 5) is 15.3. The second kappa shape index (κ2) is 9.95. The van der Waals surface area contributed by atoms with E-state index in [9.17, 15) is 13.2 Å². The van der Waals surface area contributed by atoms with Crippen LogP contribution in [-0.4, -0.2) is 48.4 Å². The monoisotopic (exact) mass is 508 g/mol. The van der Waals surface area contributed by atoms with Gasteiger partial charge in [-0.2, -0.15) is 0 Å². The predicted molar refractivity (Wildman–Crippen MR) is 133 cm³/mol. The summed E-state index contributed by atoms with van der Waals surface area (Å²) in [5.74, 6) is 0.0965. The first-order chi connectivity index (χ1) is 15.7. The Labute approximate surface area is 206 Å². The van der Waals surface area contributed by atoms with Crippen molar-refractivity contribution in [2.45, 2.75) is 62.3 Å². The summed E-state index contributed by atoms with van der Waals surface area (Å²) in [6.07, 6.45) is 3.21. The summed E-state index contributed by atoms with van der Waals surface area (Å²) >= 11 is 12.5. The van der Waals surface area contributed by atoms with Crippen LogP contribution < -0.4 is 0 Å². The molecule has 2 aromatic carbocycles. The third-order valence-electron chi connectivity index (χ3n) is 6.84. The second-order valence-electron chi connectivity index (χ2n) is 9.08. The van der Waals surface area contributed by atoms with Gasteiger partial charge in [-0.15, -0.1) is 0 Å². The van der Waals surface area contributed by atoms with Crippen molar-refractivity contribution in [3.63, 3.8) is 0 Å². The lowest BCUT2D eigenvalue weighted by molar-refractivity contribution is -0.141. The Bertz CT molecular complexity index is 1100. The van der Waals surface area contributed by atoms with Gasteiger partial charge in [-0.1, -0.05) is 54.4 Å². The highest BCUT2D eigenvalue weighted by atomic mass is 35.5. The zero-order valence-electron chi connectivity index (χ0n) is 19.0. The molecule has 1 aliphatic carbocycles. The number of halogens is 2. The van der Waals surface area contributed by atoms with Gasteiger partial charge in [-0.05, 0) is 61.1 Å². The van der Waals surface area contributed by atoms with E-state index in [2.05, 4.69) is 6.07 Å². The van der Waals surface area contributed by atoms with Crippen LogP contribution in [0.15, 0.2) is 48.5 Å². The number of likely N-dealkylation sites (tertiary alicyclic amines) is 1. The fraction of sp³-hybridized carbons (Fsp3) is 0.480. The van der Waals surface area contributed by atoms with Crippen LogP contribution in [0.25, 0.3) is 0 Å². The van der Waals surface area contributed by atoms with Gasteiger partial charge in [0.2, 0.25) is 15.9 Å². The molecular weight excluding hydrogens is 479 g/mol. The molecule has 1 aliphatic heterocycles. The average Bonchev–Trinajstić information content (AvgIpc) is 3.64. The van der Waals surface area contributed by atoms with E-state index >= 15 is 0 Å². The van der Waals surface area contributed by atoms with Crippen LogP contribution in [0.1, 0.15) is 62.1 Å². The van der Waals surface area contributed by atoms with Gasteiger partial charge in [-0.25, -0.2) is 12.7 Å². The van der Waals surface area contributed by atoms with E-state index in [0.717, 1.165) is 24.0 Å². The maximum Gasteiger partial charge on any atom is 0.223 e. The summed E-state index contributed by atoms with van der Waals surface area (Å²) in [5.41, 5.74) is 2.07. The van der Waals surface area contributed by atoms with Crippen molar-refractivity contribution in [3.8, 4) is 0 Å². The Morgan fingerprint density at radius 1 is 1.03 bits per heavy atom. The molecule has 0 spiro atoms. The van der Waals surface area contributed by atoms with Crippen LogP contribution in [0, 0.1) is 0 Å². The number of hydrogen-bond donors (Lipinski definition) is 0. The molecule has 2 fully saturated rings. The molecule has 8 heteroatoms. The van der Waals surface area contributed by atoms with E-state index in [1.807, 2.05) is 54.3 Å². The van der Waals surface area contributed by atoms with Crippen molar-refractivity contribution in [1.29, 1.82) is 0 Å². The second-order valence-corrected chi connectivity index (χ2v) is 12.3. The number of piperidine rings is 1. The van der Waals surface area contributed by atoms with E-state index in [4.69, 9.17) is 23.2 Å². The molecule has 1 heterocycles. The number of carbonyl (C=O) groups is 1. The number of likely N-dealkylation sites (N-methyl/N-ethyl adjacent to an activating group) is 1. The van der Waals surface area contributed by atoms with Crippen LogP contribution >= 0.6 is 23.2 Å². The number of amides is 1. The molecule has 5 nitrogen and oxygen atoms in total. The van der Waals surface area contributed by atoms with E-state index in [-0.39, 0.29) is 35.7 Å². The zero-order chi connectivity index (χ0) is 23.8. The number of rotatable bonds is 8. The molecule has 1 saturated heterocycles. The fourth-order valence-electron chi connectivity index (χ4n) is 4.92. The molecular formula is C25H30Cl2N2O3S. The van der Waals surface area contributed by atoms with Crippen molar-refractivity contribution < 1.29 is 13.2 Å². The smallest absolute Gasteiger partial charge is 0.223 e. The van der Waals surface area contributed by atoms with E-state index in [1.165, 1.54) is 4.31 Å². The number of nitrogens with zero attached hydrogens (tertiary/aromatic N) is 2. The van der Waals surface area contributed by atoms with Gasteiger partial charge in [0, 0.05) is 42.0 Å². The van der Waals surface area contributed by atoms with Crippen molar-refractivity contribution in [2.75, 3.05) is 13.6 Å². The van der Waals surface area contributed by atoms with E-state index < -0.39 is 10.0 Å². The van der Waals surface area contributed by atoms with Gasteiger partial charge < -0.3 is 4.90 Å². The van der Waals surface area contributed by atoms with Crippen molar-refractivity contribution in [1.82, 2.24) is 9.21 Å². The zero-order valence-corrected chi connectivity index (χ0v) is 21.3. The van der Waals surface area contributed by atoms with Gasteiger partial charge >= 0.3 is 0 Å². The summed E-state index contributed by atoms with van der Waals surface area (Å²) in [7, 11) is -1.69. The lowest BCUT2D eigenvalue weighted by Gasteiger charge is -2.46. The highest BCUT2D eigenvalue weighted by molar-refractivity contribution is 7.90. The van der Waals surface area contributed by atoms with Gasteiger partial charge in [0.15, 0.2) is 0 Å². The Hall–Kier alpha value is -1.60. The van der Waals surface area contributed by atoms with Crippen molar-refractivity contribution in [2.24, 2.45) is 0 Å². The quantitative estimate of drug-likeness (QED) is 0.463. The normalized spacial score (nSPS) is 22.6. The molecule has 2 aromatic rings. The minimum Gasteiger partial charge on any atom is -0.331 e. The van der Waals surface area contributed by atoms with Gasteiger partial charge in [0.25, 0.3) is 0 Å². The van der Waals surface area contributed by atoms with Crippen molar-refractivity contribution in [3.05, 3.63) is 69.7 Å². The molecule has 0 bridgehead atoms. The Morgan fingerprint density at radius 2 is 1.73 bits per heavy atom. The Balaban J connectivity index is 1.73.